The molecule has 76 valence electrons. The first-order chi connectivity index (χ1) is 6.13. The molecule has 1 rings (SSSR count). The fraction of sp³-hybridized carbons (Fsp3) is 0.900. The molecule has 3 nitrogen and oxygen atoms in total. The SMILES string of the molecule is CC[C@]1(CNC)CC(C(C)C)=NO1. The summed E-state index contributed by atoms with van der Waals surface area (Å²) in [7, 11) is 1.95. The Morgan fingerprint density at radius 3 is 2.69 bits per heavy atom. The van der Waals surface area contributed by atoms with Crippen LogP contribution in [0.1, 0.15) is 33.6 Å². The molecule has 1 aliphatic heterocycles. The Kier molecular flexibility index (Phi) is 3.31. The molecule has 0 unspecified atom stereocenters. The van der Waals surface area contributed by atoms with Crippen molar-refractivity contribution in [3.05, 3.63) is 0 Å². The third-order valence-corrected chi connectivity index (χ3v) is 2.67. The summed E-state index contributed by atoms with van der Waals surface area (Å²) in [4.78, 5) is 5.53. The smallest absolute Gasteiger partial charge is 0.155 e. The summed E-state index contributed by atoms with van der Waals surface area (Å²) in [6.45, 7) is 7.35. The highest BCUT2D eigenvalue weighted by molar-refractivity contribution is 5.87. The van der Waals surface area contributed by atoms with Gasteiger partial charge in [-0.15, -0.1) is 0 Å². The van der Waals surface area contributed by atoms with E-state index in [-0.39, 0.29) is 5.60 Å². The molecular formula is C10H20N2O. The largest absolute Gasteiger partial charge is 0.388 e. The molecule has 1 N–H and O–H groups in total. The van der Waals surface area contributed by atoms with Crippen molar-refractivity contribution in [2.45, 2.75) is 39.2 Å². The minimum Gasteiger partial charge on any atom is -0.388 e. The summed E-state index contributed by atoms with van der Waals surface area (Å²) >= 11 is 0. The Hall–Kier alpha value is -0.570. The maximum atomic E-state index is 5.53. The topological polar surface area (TPSA) is 33.6 Å². The van der Waals surface area contributed by atoms with Crippen molar-refractivity contribution >= 4 is 5.71 Å². The first-order valence-corrected chi connectivity index (χ1v) is 5.03. The highest BCUT2D eigenvalue weighted by Crippen LogP contribution is 2.29. The van der Waals surface area contributed by atoms with Crippen LogP contribution < -0.4 is 5.32 Å². The zero-order valence-electron chi connectivity index (χ0n) is 9.05. The van der Waals surface area contributed by atoms with Gasteiger partial charge in [0.1, 0.15) is 0 Å². The average molecular weight is 184 g/mol. The number of hydrogen-bond acceptors (Lipinski definition) is 3. The van der Waals surface area contributed by atoms with Gasteiger partial charge >= 0.3 is 0 Å². The predicted molar refractivity (Wildman–Crippen MR) is 54.9 cm³/mol. The minimum atomic E-state index is -0.0750. The molecular weight excluding hydrogens is 164 g/mol. The molecule has 0 fully saturated rings. The number of likely N-dealkylation sites (N-methyl/N-ethyl adjacent to an activating group) is 1. The maximum Gasteiger partial charge on any atom is 0.155 e. The Labute approximate surface area is 80.5 Å². The molecule has 0 bridgehead atoms. The van der Waals surface area contributed by atoms with Gasteiger partial charge in [-0.05, 0) is 19.4 Å². The van der Waals surface area contributed by atoms with Crippen molar-refractivity contribution in [3.63, 3.8) is 0 Å². The summed E-state index contributed by atoms with van der Waals surface area (Å²) in [6, 6.07) is 0. The van der Waals surface area contributed by atoms with Crippen molar-refractivity contribution in [3.8, 4) is 0 Å². The van der Waals surface area contributed by atoms with Gasteiger partial charge in [-0.2, -0.15) is 0 Å². The van der Waals surface area contributed by atoms with E-state index in [0.29, 0.717) is 5.92 Å². The molecule has 0 aromatic heterocycles. The second kappa shape index (κ2) is 4.09. The van der Waals surface area contributed by atoms with Crippen molar-refractivity contribution in [1.82, 2.24) is 5.32 Å². The monoisotopic (exact) mass is 184 g/mol. The summed E-state index contributed by atoms with van der Waals surface area (Å²) in [6.07, 6.45) is 1.98. The Balaban J connectivity index is 2.58. The van der Waals surface area contributed by atoms with E-state index in [1.165, 1.54) is 5.71 Å². The molecule has 0 aromatic carbocycles. The molecule has 13 heavy (non-hydrogen) atoms. The molecule has 1 aliphatic rings. The van der Waals surface area contributed by atoms with E-state index in [0.717, 1.165) is 19.4 Å². The lowest BCUT2D eigenvalue weighted by molar-refractivity contribution is -0.0191. The maximum absolute atomic E-state index is 5.53. The van der Waals surface area contributed by atoms with Gasteiger partial charge in [0.05, 0.1) is 5.71 Å². The standard InChI is InChI=1S/C10H20N2O/c1-5-10(7-11-4)6-9(8(2)3)12-13-10/h8,11H,5-7H2,1-4H3/t10-/m1/s1. The molecule has 0 saturated carbocycles. The van der Waals surface area contributed by atoms with Crippen molar-refractivity contribution in [1.29, 1.82) is 0 Å². The highest BCUT2D eigenvalue weighted by Gasteiger charge is 2.37. The van der Waals surface area contributed by atoms with Crippen LogP contribution in [-0.4, -0.2) is 24.9 Å². The van der Waals surface area contributed by atoms with E-state index < -0.39 is 0 Å². The molecule has 0 aliphatic carbocycles. The summed E-state index contributed by atoms with van der Waals surface area (Å²) in [5.74, 6) is 0.505. The van der Waals surface area contributed by atoms with Gasteiger partial charge in [-0.3, -0.25) is 0 Å². The minimum absolute atomic E-state index is 0.0750. The fourth-order valence-corrected chi connectivity index (χ4v) is 1.59. The van der Waals surface area contributed by atoms with Gasteiger partial charge in [0.2, 0.25) is 0 Å². The van der Waals surface area contributed by atoms with Crippen LogP contribution in [0.4, 0.5) is 0 Å². The lowest BCUT2D eigenvalue weighted by Crippen LogP contribution is -2.39. The summed E-state index contributed by atoms with van der Waals surface area (Å²) < 4.78 is 0. The molecule has 0 spiro atoms. The number of nitrogens with zero attached hydrogens (tertiary/aromatic N) is 1. The second-order valence-electron chi connectivity index (χ2n) is 4.07. The summed E-state index contributed by atoms with van der Waals surface area (Å²) in [5.41, 5.74) is 1.12. The molecule has 0 saturated heterocycles. The first-order valence-electron chi connectivity index (χ1n) is 5.03. The number of hydrogen-bond donors (Lipinski definition) is 1. The molecule has 0 amide bonds. The van der Waals surface area contributed by atoms with Crippen LogP contribution in [0.5, 0.6) is 0 Å². The molecule has 0 radical (unpaired) electrons. The lowest BCUT2D eigenvalue weighted by Gasteiger charge is -2.24. The van der Waals surface area contributed by atoms with Crippen LogP contribution in [-0.2, 0) is 4.84 Å². The van der Waals surface area contributed by atoms with Crippen LogP contribution in [0.25, 0.3) is 0 Å². The third-order valence-electron chi connectivity index (χ3n) is 2.67. The van der Waals surface area contributed by atoms with Crippen LogP contribution in [0.3, 0.4) is 0 Å². The van der Waals surface area contributed by atoms with Gasteiger partial charge in [0.15, 0.2) is 5.60 Å². The predicted octanol–water partition coefficient (Wildman–Crippen LogP) is 1.79. The van der Waals surface area contributed by atoms with Crippen molar-refractivity contribution in [2.24, 2.45) is 11.1 Å². The van der Waals surface area contributed by atoms with Crippen LogP contribution in [0.2, 0.25) is 0 Å². The van der Waals surface area contributed by atoms with E-state index in [9.17, 15) is 0 Å². The van der Waals surface area contributed by atoms with E-state index in [1.807, 2.05) is 7.05 Å². The summed E-state index contributed by atoms with van der Waals surface area (Å²) in [5, 5.41) is 7.32. The molecule has 1 heterocycles. The normalized spacial score (nSPS) is 27.6. The van der Waals surface area contributed by atoms with Crippen LogP contribution in [0, 0.1) is 5.92 Å². The van der Waals surface area contributed by atoms with Gasteiger partial charge in [-0.1, -0.05) is 25.9 Å². The van der Waals surface area contributed by atoms with Gasteiger partial charge in [0, 0.05) is 13.0 Å². The lowest BCUT2D eigenvalue weighted by atomic mass is 9.90. The zero-order chi connectivity index (χ0) is 9.90. The molecule has 3 heteroatoms. The van der Waals surface area contributed by atoms with E-state index in [1.54, 1.807) is 0 Å². The third kappa shape index (κ3) is 2.21. The number of nitrogens with one attached hydrogen (secondary N) is 1. The van der Waals surface area contributed by atoms with E-state index in [4.69, 9.17) is 4.84 Å². The zero-order valence-corrected chi connectivity index (χ0v) is 9.05. The number of rotatable bonds is 4. The Morgan fingerprint density at radius 1 is 1.62 bits per heavy atom. The highest BCUT2D eigenvalue weighted by atomic mass is 16.7. The van der Waals surface area contributed by atoms with Crippen LogP contribution >= 0.6 is 0 Å². The van der Waals surface area contributed by atoms with E-state index >= 15 is 0 Å². The molecule has 1 atom stereocenters. The van der Waals surface area contributed by atoms with E-state index in [2.05, 4.69) is 31.2 Å². The quantitative estimate of drug-likeness (QED) is 0.722. The Morgan fingerprint density at radius 2 is 2.31 bits per heavy atom. The Bertz CT molecular complexity index is 201. The first kappa shape index (κ1) is 10.5. The average Bonchev–Trinajstić information content (AvgIpc) is 2.51. The number of oxime groups is 1. The second-order valence-corrected chi connectivity index (χ2v) is 4.07. The van der Waals surface area contributed by atoms with Gasteiger partial charge < -0.3 is 10.2 Å². The van der Waals surface area contributed by atoms with Gasteiger partial charge in [-0.25, -0.2) is 0 Å². The van der Waals surface area contributed by atoms with Crippen LogP contribution in [0.15, 0.2) is 5.16 Å². The van der Waals surface area contributed by atoms with Gasteiger partial charge in [0.25, 0.3) is 0 Å². The fourth-order valence-electron chi connectivity index (χ4n) is 1.59. The van der Waals surface area contributed by atoms with Crippen molar-refractivity contribution in [2.75, 3.05) is 13.6 Å². The van der Waals surface area contributed by atoms with Crippen molar-refractivity contribution < 1.29 is 4.84 Å². The molecule has 0 aromatic rings.